The van der Waals surface area contributed by atoms with E-state index in [0.29, 0.717) is 6.42 Å². The fraction of sp³-hybridized carbons (Fsp3) is 0.500. The number of carbonyl (C=O) groups excluding carboxylic acids is 2. The molecule has 0 fully saturated rings. The van der Waals surface area contributed by atoms with Gasteiger partial charge in [-0.15, -0.1) is 0 Å². The molecule has 0 aliphatic carbocycles. The largest absolute Gasteiger partial charge is 0.481 e. The lowest BCUT2D eigenvalue weighted by molar-refractivity contribution is -0.158. The molecule has 6 nitrogen and oxygen atoms in total. The summed E-state index contributed by atoms with van der Waals surface area (Å²) in [6, 6.07) is 0. The van der Waals surface area contributed by atoms with Gasteiger partial charge in [0.1, 0.15) is 0 Å². The van der Waals surface area contributed by atoms with E-state index in [9.17, 15) is 14.4 Å². The summed E-state index contributed by atoms with van der Waals surface area (Å²) in [5.74, 6) is -2.81. The van der Waals surface area contributed by atoms with Crippen molar-refractivity contribution in [3.05, 3.63) is 11.6 Å². The molecule has 0 aliphatic heterocycles. The van der Waals surface area contributed by atoms with Crippen LogP contribution in [0.3, 0.4) is 0 Å². The molecule has 0 atom stereocenters. The summed E-state index contributed by atoms with van der Waals surface area (Å²) in [7, 11) is 0. The highest BCUT2D eigenvalue weighted by atomic mass is 16.6. The van der Waals surface area contributed by atoms with Crippen molar-refractivity contribution in [3.63, 3.8) is 0 Å². The van der Waals surface area contributed by atoms with E-state index < -0.39 is 17.9 Å². The molecule has 0 saturated heterocycles. The Morgan fingerprint density at radius 3 is 2.38 bits per heavy atom. The zero-order valence-corrected chi connectivity index (χ0v) is 8.93. The molecule has 0 saturated carbocycles. The summed E-state index contributed by atoms with van der Waals surface area (Å²) in [6.07, 6.45) is 1.02. The SMILES string of the molecule is CC(=CCCO)C(=O)OC(=O)CCC(=O)O. The number of hydrogen-bond acceptors (Lipinski definition) is 5. The van der Waals surface area contributed by atoms with Crippen molar-refractivity contribution in [3.8, 4) is 0 Å². The van der Waals surface area contributed by atoms with Gasteiger partial charge in [-0.1, -0.05) is 6.08 Å². The summed E-state index contributed by atoms with van der Waals surface area (Å²) in [5.41, 5.74) is 0.206. The van der Waals surface area contributed by atoms with Gasteiger partial charge in [-0.3, -0.25) is 9.59 Å². The Balaban J connectivity index is 4.04. The quantitative estimate of drug-likeness (QED) is 0.385. The standard InChI is InChI=1S/C10H14O6/c1-7(3-2-6-11)10(15)16-9(14)5-4-8(12)13/h3,11H,2,4-6H2,1H3,(H,12,13). The summed E-state index contributed by atoms with van der Waals surface area (Å²) in [6.45, 7) is 1.35. The number of aliphatic hydroxyl groups excluding tert-OH is 1. The first kappa shape index (κ1) is 14.3. The van der Waals surface area contributed by atoms with E-state index >= 15 is 0 Å². The number of carboxylic acid groups (broad SMARTS) is 1. The lowest BCUT2D eigenvalue weighted by atomic mass is 10.2. The maximum Gasteiger partial charge on any atom is 0.341 e. The highest BCUT2D eigenvalue weighted by Gasteiger charge is 2.13. The van der Waals surface area contributed by atoms with Crippen molar-refractivity contribution in [2.75, 3.05) is 6.61 Å². The highest BCUT2D eigenvalue weighted by Crippen LogP contribution is 2.01. The summed E-state index contributed by atoms with van der Waals surface area (Å²) >= 11 is 0. The number of esters is 2. The molecular weight excluding hydrogens is 216 g/mol. The van der Waals surface area contributed by atoms with E-state index in [-0.39, 0.29) is 25.0 Å². The molecule has 0 unspecified atom stereocenters. The van der Waals surface area contributed by atoms with Crippen LogP contribution in [-0.4, -0.2) is 34.7 Å². The van der Waals surface area contributed by atoms with Crippen molar-refractivity contribution in [2.24, 2.45) is 0 Å². The maximum absolute atomic E-state index is 11.2. The van der Waals surface area contributed by atoms with E-state index in [1.54, 1.807) is 0 Å². The highest BCUT2D eigenvalue weighted by molar-refractivity contribution is 5.96. The van der Waals surface area contributed by atoms with E-state index in [1.807, 2.05) is 0 Å². The third-order valence-corrected chi connectivity index (χ3v) is 1.65. The Morgan fingerprint density at radius 2 is 1.88 bits per heavy atom. The van der Waals surface area contributed by atoms with Crippen LogP contribution >= 0.6 is 0 Å². The normalized spacial score (nSPS) is 11.0. The van der Waals surface area contributed by atoms with Crippen LogP contribution in [0.15, 0.2) is 11.6 Å². The predicted molar refractivity (Wildman–Crippen MR) is 53.4 cm³/mol. The molecule has 6 heteroatoms. The zero-order chi connectivity index (χ0) is 12.6. The van der Waals surface area contributed by atoms with Gasteiger partial charge in [0, 0.05) is 12.2 Å². The Bertz CT molecular complexity index is 304. The Labute approximate surface area is 92.5 Å². The molecule has 0 aromatic heterocycles. The molecule has 0 radical (unpaired) electrons. The van der Waals surface area contributed by atoms with Crippen LogP contribution in [-0.2, 0) is 19.1 Å². The molecule has 0 spiro atoms. The Hall–Kier alpha value is -1.69. The summed E-state index contributed by atoms with van der Waals surface area (Å²) < 4.78 is 4.37. The van der Waals surface area contributed by atoms with Crippen molar-refractivity contribution in [1.82, 2.24) is 0 Å². The third kappa shape index (κ3) is 6.72. The number of aliphatic hydroxyl groups is 1. The second kappa shape index (κ2) is 7.58. The third-order valence-electron chi connectivity index (χ3n) is 1.65. The van der Waals surface area contributed by atoms with Gasteiger partial charge in [0.05, 0.1) is 12.8 Å². The Morgan fingerprint density at radius 1 is 1.25 bits per heavy atom. The lowest BCUT2D eigenvalue weighted by Crippen LogP contribution is -2.14. The fourth-order valence-electron chi connectivity index (χ4n) is 0.808. The minimum Gasteiger partial charge on any atom is -0.481 e. The van der Waals surface area contributed by atoms with E-state index in [4.69, 9.17) is 10.2 Å². The van der Waals surface area contributed by atoms with Gasteiger partial charge in [-0.2, -0.15) is 0 Å². The molecule has 90 valence electrons. The minimum atomic E-state index is -1.13. The lowest BCUT2D eigenvalue weighted by Gasteiger charge is -2.01. The van der Waals surface area contributed by atoms with E-state index in [0.717, 1.165) is 0 Å². The van der Waals surface area contributed by atoms with Crippen molar-refractivity contribution in [2.45, 2.75) is 26.2 Å². The van der Waals surface area contributed by atoms with E-state index in [2.05, 4.69) is 4.74 Å². The first-order chi connectivity index (χ1) is 7.47. The number of rotatable bonds is 6. The molecule has 16 heavy (non-hydrogen) atoms. The number of ether oxygens (including phenoxy) is 1. The van der Waals surface area contributed by atoms with Gasteiger partial charge in [0.15, 0.2) is 0 Å². The minimum absolute atomic E-state index is 0.0996. The molecule has 0 rings (SSSR count). The summed E-state index contributed by atoms with van der Waals surface area (Å²) in [4.78, 5) is 32.2. The second-order valence-electron chi connectivity index (χ2n) is 3.05. The fourth-order valence-corrected chi connectivity index (χ4v) is 0.808. The molecule has 0 amide bonds. The van der Waals surface area contributed by atoms with Crippen LogP contribution in [0.2, 0.25) is 0 Å². The average Bonchev–Trinajstić information content (AvgIpc) is 2.22. The predicted octanol–water partition coefficient (Wildman–Crippen LogP) is 0.250. The summed E-state index contributed by atoms with van der Waals surface area (Å²) in [5, 5.41) is 16.8. The number of carbonyl (C=O) groups is 3. The monoisotopic (exact) mass is 230 g/mol. The number of carboxylic acids is 1. The van der Waals surface area contributed by atoms with Gasteiger partial charge in [-0.05, 0) is 13.3 Å². The van der Waals surface area contributed by atoms with Crippen LogP contribution in [0.1, 0.15) is 26.2 Å². The smallest absolute Gasteiger partial charge is 0.341 e. The second-order valence-corrected chi connectivity index (χ2v) is 3.05. The first-order valence-electron chi connectivity index (χ1n) is 4.71. The van der Waals surface area contributed by atoms with Crippen LogP contribution in [0, 0.1) is 0 Å². The molecular formula is C10H14O6. The van der Waals surface area contributed by atoms with Crippen molar-refractivity contribution < 1.29 is 29.3 Å². The van der Waals surface area contributed by atoms with Crippen LogP contribution < -0.4 is 0 Å². The topological polar surface area (TPSA) is 101 Å². The van der Waals surface area contributed by atoms with Gasteiger partial charge in [-0.25, -0.2) is 4.79 Å². The molecule has 2 N–H and O–H groups in total. The molecule has 0 bridgehead atoms. The van der Waals surface area contributed by atoms with Gasteiger partial charge in [0.25, 0.3) is 0 Å². The van der Waals surface area contributed by atoms with Gasteiger partial charge >= 0.3 is 17.9 Å². The Kier molecular flexibility index (Phi) is 6.78. The van der Waals surface area contributed by atoms with E-state index in [1.165, 1.54) is 13.0 Å². The van der Waals surface area contributed by atoms with Crippen molar-refractivity contribution >= 4 is 17.9 Å². The van der Waals surface area contributed by atoms with Crippen LogP contribution in [0.5, 0.6) is 0 Å². The van der Waals surface area contributed by atoms with Crippen molar-refractivity contribution in [1.29, 1.82) is 0 Å². The van der Waals surface area contributed by atoms with Gasteiger partial charge in [0.2, 0.25) is 0 Å². The maximum atomic E-state index is 11.2. The molecule has 0 heterocycles. The number of hydrogen-bond donors (Lipinski definition) is 2. The van der Waals surface area contributed by atoms with Crippen LogP contribution in [0.25, 0.3) is 0 Å². The zero-order valence-electron chi connectivity index (χ0n) is 8.93. The average molecular weight is 230 g/mol. The molecule has 0 aromatic carbocycles. The molecule has 0 aliphatic rings. The van der Waals surface area contributed by atoms with Crippen LogP contribution in [0.4, 0.5) is 0 Å². The first-order valence-corrected chi connectivity index (χ1v) is 4.71. The molecule has 0 aromatic rings. The van der Waals surface area contributed by atoms with Gasteiger partial charge < -0.3 is 14.9 Å². The number of aliphatic carboxylic acids is 1.